The van der Waals surface area contributed by atoms with Crippen molar-refractivity contribution in [1.82, 2.24) is 9.80 Å². The van der Waals surface area contributed by atoms with Gasteiger partial charge in [-0.3, -0.25) is 9.69 Å². The van der Waals surface area contributed by atoms with Gasteiger partial charge in [0.2, 0.25) is 6.79 Å². The van der Waals surface area contributed by atoms with Crippen LogP contribution in [0.25, 0.3) is 0 Å². The number of nitrogens with zero attached hydrogens (tertiary/aromatic N) is 3. The molecule has 0 N–H and O–H groups in total. The largest absolute Gasteiger partial charge is 0.494 e. The Morgan fingerprint density at radius 2 is 1.81 bits per heavy atom. The molecule has 164 valence electrons. The summed E-state index contributed by atoms with van der Waals surface area (Å²) in [6.07, 6.45) is 1.88. The van der Waals surface area contributed by atoms with Gasteiger partial charge >= 0.3 is 0 Å². The van der Waals surface area contributed by atoms with Crippen LogP contribution in [0.1, 0.15) is 22.3 Å². The van der Waals surface area contributed by atoms with Crippen molar-refractivity contribution in [2.45, 2.75) is 12.8 Å². The third-order valence-corrected chi connectivity index (χ3v) is 6.36. The van der Waals surface area contributed by atoms with E-state index in [0.29, 0.717) is 13.4 Å². The van der Waals surface area contributed by atoms with Crippen molar-refractivity contribution in [2.24, 2.45) is 0 Å². The number of hydrogen-bond donors (Lipinski definition) is 0. The summed E-state index contributed by atoms with van der Waals surface area (Å²) < 4.78 is 16.8. The molecule has 2 aromatic rings. The van der Waals surface area contributed by atoms with Crippen LogP contribution in [0.5, 0.6) is 17.2 Å². The number of amides is 1. The van der Waals surface area contributed by atoms with E-state index in [0.717, 1.165) is 80.5 Å². The SMILES string of the molecule is CN1CCc2ccc(OCCCN3CCN(c4ccc5c(c4)OCO5)CC3)cc2C1=O. The quantitative estimate of drug-likeness (QED) is 0.666. The first-order valence-electron chi connectivity index (χ1n) is 11.1. The molecule has 0 unspecified atom stereocenters. The molecule has 3 heterocycles. The highest BCUT2D eigenvalue weighted by Crippen LogP contribution is 2.35. The van der Waals surface area contributed by atoms with E-state index < -0.39 is 0 Å². The van der Waals surface area contributed by atoms with Crippen LogP contribution in [-0.2, 0) is 6.42 Å². The third kappa shape index (κ3) is 4.28. The van der Waals surface area contributed by atoms with Crippen molar-refractivity contribution in [2.75, 3.05) is 64.6 Å². The van der Waals surface area contributed by atoms with E-state index in [1.54, 1.807) is 4.90 Å². The summed E-state index contributed by atoms with van der Waals surface area (Å²) in [5.74, 6) is 2.55. The summed E-state index contributed by atoms with van der Waals surface area (Å²) in [6.45, 7) is 6.85. The van der Waals surface area contributed by atoms with Crippen molar-refractivity contribution in [3.63, 3.8) is 0 Å². The summed E-state index contributed by atoms with van der Waals surface area (Å²) in [5.41, 5.74) is 3.10. The number of piperazine rings is 1. The monoisotopic (exact) mass is 423 g/mol. The zero-order valence-electron chi connectivity index (χ0n) is 18.0. The lowest BCUT2D eigenvalue weighted by Crippen LogP contribution is -2.46. The Kier molecular flexibility index (Phi) is 5.59. The molecule has 0 saturated carbocycles. The molecule has 5 rings (SSSR count). The lowest BCUT2D eigenvalue weighted by molar-refractivity contribution is 0.0780. The van der Waals surface area contributed by atoms with E-state index in [4.69, 9.17) is 14.2 Å². The number of carbonyl (C=O) groups excluding carboxylic acids is 1. The van der Waals surface area contributed by atoms with Crippen LogP contribution in [0.2, 0.25) is 0 Å². The minimum Gasteiger partial charge on any atom is -0.494 e. The first kappa shape index (κ1) is 20.0. The molecule has 2 aromatic carbocycles. The molecule has 0 atom stereocenters. The molecular weight excluding hydrogens is 394 g/mol. The number of carbonyl (C=O) groups is 1. The highest BCUT2D eigenvalue weighted by molar-refractivity contribution is 5.97. The number of hydrogen-bond acceptors (Lipinski definition) is 6. The van der Waals surface area contributed by atoms with Gasteiger partial charge in [-0.1, -0.05) is 6.07 Å². The van der Waals surface area contributed by atoms with Crippen LogP contribution >= 0.6 is 0 Å². The van der Waals surface area contributed by atoms with Crippen molar-refractivity contribution >= 4 is 11.6 Å². The highest BCUT2D eigenvalue weighted by atomic mass is 16.7. The molecule has 0 radical (unpaired) electrons. The Morgan fingerprint density at radius 3 is 2.68 bits per heavy atom. The Labute approximate surface area is 183 Å². The van der Waals surface area contributed by atoms with Crippen LogP contribution in [0.3, 0.4) is 0 Å². The number of ether oxygens (including phenoxy) is 3. The first-order valence-corrected chi connectivity index (χ1v) is 11.1. The summed E-state index contributed by atoms with van der Waals surface area (Å²) in [4.78, 5) is 19.0. The van der Waals surface area contributed by atoms with Crippen LogP contribution in [0.15, 0.2) is 36.4 Å². The molecule has 1 fully saturated rings. The number of rotatable bonds is 6. The fraction of sp³-hybridized carbons (Fsp3) is 0.458. The van der Waals surface area contributed by atoms with Gasteiger partial charge in [-0.2, -0.15) is 0 Å². The van der Waals surface area contributed by atoms with Crippen molar-refractivity contribution in [3.8, 4) is 17.2 Å². The molecule has 7 heteroatoms. The van der Waals surface area contributed by atoms with Gasteiger partial charge < -0.3 is 24.0 Å². The van der Waals surface area contributed by atoms with Crippen molar-refractivity contribution < 1.29 is 19.0 Å². The highest BCUT2D eigenvalue weighted by Gasteiger charge is 2.22. The Hall–Kier alpha value is -2.93. The minimum atomic E-state index is 0.0898. The standard InChI is InChI=1S/C24H29N3O4/c1-25-9-7-18-3-5-20(16-21(18)24(25)28)29-14-2-8-26-10-12-27(13-11-26)19-4-6-22-23(15-19)31-17-30-22/h3-6,15-16H,2,7-14,17H2,1H3. The van der Waals surface area contributed by atoms with Crippen LogP contribution in [-0.4, -0.2) is 75.4 Å². The van der Waals surface area contributed by atoms with Crippen LogP contribution < -0.4 is 19.1 Å². The Bertz CT molecular complexity index is 956. The number of anilines is 1. The minimum absolute atomic E-state index is 0.0898. The molecule has 0 spiro atoms. The first-order chi connectivity index (χ1) is 15.2. The smallest absolute Gasteiger partial charge is 0.254 e. The second-order valence-corrected chi connectivity index (χ2v) is 8.36. The molecule has 1 amide bonds. The molecular formula is C24H29N3O4. The predicted molar refractivity (Wildman–Crippen MR) is 118 cm³/mol. The summed E-state index contributed by atoms with van der Waals surface area (Å²) >= 11 is 0. The van der Waals surface area contributed by atoms with E-state index in [1.807, 2.05) is 31.3 Å². The summed E-state index contributed by atoms with van der Waals surface area (Å²) in [5, 5.41) is 0. The zero-order valence-corrected chi connectivity index (χ0v) is 18.0. The third-order valence-electron chi connectivity index (χ3n) is 6.36. The number of benzene rings is 2. The van der Waals surface area contributed by atoms with Gasteiger partial charge in [0.1, 0.15) is 5.75 Å². The summed E-state index contributed by atoms with van der Waals surface area (Å²) in [6, 6.07) is 12.1. The van der Waals surface area contributed by atoms with E-state index in [2.05, 4.69) is 21.9 Å². The molecule has 0 aliphatic carbocycles. The fourth-order valence-corrected chi connectivity index (χ4v) is 4.45. The van der Waals surface area contributed by atoms with Gasteiger partial charge in [-0.15, -0.1) is 0 Å². The topological polar surface area (TPSA) is 54.5 Å². The normalized spacial score (nSPS) is 18.3. The Balaban J connectivity index is 1.06. The van der Waals surface area contributed by atoms with Gasteiger partial charge in [0, 0.05) is 63.6 Å². The summed E-state index contributed by atoms with van der Waals surface area (Å²) in [7, 11) is 1.85. The molecule has 1 saturated heterocycles. The van der Waals surface area contributed by atoms with E-state index in [9.17, 15) is 4.79 Å². The van der Waals surface area contributed by atoms with Crippen LogP contribution in [0.4, 0.5) is 5.69 Å². The van der Waals surface area contributed by atoms with Gasteiger partial charge in [0.05, 0.1) is 6.61 Å². The van der Waals surface area contributed by atoms with Crippen LogP contribution in [0, 0.1) is 0 Å². The lowest BCUT2D eigenvalue weighted by Gasteiger charge is -2.36. The zero-order chi connectivity index (χ0) is 21.2. The lowest BCUT2D eigenvalue weighted by atomic mass is 9.99. The average molecular weight is 424 g/mol. The molecule has 3 aliphatic rings. The maximum Gasteiger partial charge on any atom is 0.254 e. The van der Waals surface area contributed by atoms with Gasteiger partial charge in [0.25, 0.3) is 5.91 Å². The van der Waals surface area contributed by atoms with Gasteiger partial charge in [-0.05, 0) is 42.7 Å². The molecule has 0 bridgehead atoms. The molecule has 3 aliphatic heterocycles. The van der Waals surface area contributed by atoms with E-state index in [-0.39, 0.29) is 5.91 Å². The molecule has 0 aromatic heterocycles. The van der Waals surface area contributed by atoms with Crippen molar-refractivity contribution in [1.29, 1.82) is 0 Å². The average Bonchev–Trinajstić information content (AvgIpc) is 3.28. The maximum atomic E-state index is 12.3. The second-order valence-electron chi connectivity index (χ2n) is 8.36. The van der Waals surface area contributed by atoms with Gasteiger partial charge in [-0.25, -0.2) is 0 Å². The predicted octanol–water partition coefficient (Wildman–Crippen LogP) is 2.63. The molecule has 31 heavy (non-hydrogen) atoms. The van der Waals surface area contributed by atoms with E-state index in [1.165, 1.54) is 5.69 Å². The Morgan fingerprint density at radius 1 is 0.968 bits per heavy atom. The van der Waals surface area contributed by atoms with Crippen molar-refractivity contribution in [3.05, 3.63) is 47.5 Å². The fourth-order valence-electron chi connectivity index (χ4n) is 4.45. The number of fused-ring (bicyclic) bond motifs is 2. The molecule has 7 nitrogen and oxygen atoms in total. The van der Waals surface area contributed by atoms with Gasteiger partial charge in [0.15, 0.2) is 11.5 Å². The van der Waals surface area contributed by atoms with E-state index >= 15 is 0 Å². The number of likely N-dealkylation sites (N-methyl/N-ethyl adjacent to an activating group) is 1. The maximum absolute atomic E-state index is 12.3. The second kappa shape index (κ2) is 8.67.